The highest BCUT2D eigenvalue weighted by atomic mass is 16.5. The molecule has 132 valence electrons. The number of rotatable bonds is 7. The van der Waals surface area contributed by atoms with Gasteiger partial charge in [0.15, 0.2) is 0 Å². The highest BCUT2D eigenvalue weighted by Crippen LogP contribution is 2.30. The summed E-state index contributed by atoms with van der Waals surface area (Å²) in [7, 11) is 1.63. The van der Waals surface area contributed by atoms with E-state index in [1.165, 1.54) is 0 Å². The zero-order valence-corrected chi connectivity index (χ0v) is 14.3. The Morgan fingerprint density at radius 3 is 3.08 bits per heavy atom. The van der Waals surface area contributed by atoms with E-state index < -0.39 is 0 Å². The molecule has 3 rings (SSSR count). The number of nitrogens with one attached hydrogen (secondary N) is 2. The predicted octanol–water partition coefficient (Wildman–Crippen LogP) is 2.26. The summed E-state index contributed by atoms with van der Waals surface area (Å²) in [6.45, 7) is 1.83. The number of carbonyl (C=O) groups is 1. The number of amides is 1. The third kappa shape index (κ3) is 4.62. The monoisotopic (exact) mass is 341 g/mol. The fourth-order valence-corrected chi connectivity index (χ4v) is 2.79. The summed E-state index contributed by atoms with van der Waals surface area (Å²) in [6.07, 6.45) is 5.07. The molecule has 1 aliphatic rings. The maximum absolute atomic E-state index is 12.3. The minimum Gasteiger partial charge on any atom is -0.497 e. The van der Waals surface area contributed by atoms with Crippen molar-refractivity contribution in [3.8, 4) is 11.5 Å². The largest absolute Gasteiger partial charge is 0.497 e. The lowest BCUT2D eigenvalue weighted by atomic mass is 9.96. The van der Waals surface area contributed by atoms with Crippen LogP contribution in [0.1, 0.15) is 12.0 Å². The van der Waals surface area contributed by atoms with Gasteiger partial charge in [-0.3, -0.25) is 9.78 Å². The van der Waals surface area contributed by atoms with Crippen LogP contribution in [0.4, 0.5) is 5.69 Å². The second kappa shape index (κ2) is 8.37. The summed E-state index contributed by atoms with van der Waals surface area (Å²) in [5.74, 6) is 1.47. The minimum absolute atomic E-state index is 0.0443. The van der Waals surface area contributed by atoms with Crippen LogP contribution in [-0.2, 0) is 11.2 Å². The van der Waals surface area contributed by atoms with Gasteiger partial charge in [-0.1, -0.05) is 6.07 Å². The molecule has 0 aliphatic carbocycles. The van der Waals surface area contributed by atoms with Crippen molar-refractivity contribution in [2.45, 2.75) is 12.8 Å². The van der Waals surface area contributed by atoms with Crippen LogP contribution in [0.15, 0.2) is 42.7 Å². The van der Waals surface area contributed by atoms with E-state index in [1.807, 2.05) is 30.3 Å². The Labute approximate surface area is 147 Å². The van der Waals surface area contributed by atoms with Crippen LogP contribution in [0.5, 0.6) is 11.5 Å². The number of anilines is 1. The van der Waals surface area contributed by atoms with Gasteiger partial charge in [0.25, 0.3) is 0 Å². The van der Waals surface area contributed by atoms with Gasteiger partial charge in [0.1, 0.15) is 18.1 Å². The lowest BCUT2D eigenvalue weighted by Crippen LogP contribution is -2.38. The van der Waals surface area contributed by atoms with Crippen molar-refractivity contribution in [1.82, 2.24) is 10.3 Å². The van der Waals surface area contributed by atoms with E-state index in [0.29, 0.717) is 19.6 Å². The summed E-state index contributed by atoms with van der Waals surface area (Å²) in [5, 5.41) is 6.26. The first-order valence-electron chi connectivity index (χ1n) is 8.47. The Balaban J connectivity index is 1.40. The van der Waals surface area contributed by atoms with Gasteiger partial charge in [-0.25, -0.2) is 0 Å². The van der Waals surface area contributed by atoms with Gasteiger partial charge in [0.05, 0.1) is 18.7 Å². The molecule has 1 aliphatic heterocycles. The Bertz CT molecular complexity index is 706. The molecule has 2 heterocycles. The third-order valence-corrected chi connectivity index (χ3v) is 4.19. The summed E-state index contributed by atoms with van der Waals surface area (Å²) < 4.78 is 10.9. The van der Waals surface area contributed by atoms with E-state index in [-0.39, 0.29) is 11.8 Å². The molecule has 0 radical (unpaired) electrons. The molecule has 1 atom stereocenters. The second-order valence-corrected chi connectivity index (χ2v) is 6.00. The number of methoxy groups -OCH3 is 1. The Hall–Kier alpha value is -2.76. The number of carbonyl (C=O) groups excluding carboxylic acids is 1. The number of aromatic nitrogens is 1. The van der Waals surface area contributed by atoms with Gasteiger partial charge in [-0.15, -0.1) is 0 Å². The summed E-state index contributed by atoms with van der Waals surface area (Å²) in [6, 6.07) is 9.59. The van der Waals surface area contributed by atoms with Crippen LogP contribution in [0.25, 0.3) is 0 Å². The molecule has 1 amide bonds. The van der Waals surface area contributed by atoms with Crippen LogP contribution in [0.2, 0.25) is 0 Å². The molecule has 0 bridgehead atoms. The summed E-state index contributed by atoms with van der Waals surface area (Å²) in [5.41, 5.74) is 2.03. The van der Waals surface area contributed by atoms with E-state index in [2.05, 4.69) is 15.6 Å². The molecule has 6 heteroatoms. The number of nitrogens with zero attached hydrogens (tertiary/aromatic N) is 1. The van der Waals surface area contributed by atoms with Crippen LogP contribution in [0.3, 0.4) is 0 Å². The molecular weight excluding hydrogens is 318 g/mol. The molecule has 2 N–H and O–H groups in total. The van der Waals surface area contributed by atoms with E-state index in [9.17, 15) is 4.79 Å². The molecule has 6 nitrogen and oxygen atoms in total. The van der Waals surface area contributed by atoms with E-state index in [1.54, 1.807) is 19.5 Å². The topological polar surface area (TPSA) is 72.5 Å². The van der Waals surface area contributed by atoms with E-state index in [4.69, 9.17) is 9.47 Å². The van der Waals surface area contributed by atoms with Crippen molar-refractivity contribution in [2.24, 2.45) is 5.92 Å². The zero-order valence-electron chi connectivity index (χ0n) is 14.3. The number of hydrogen-bond acceptors (Lipinski definition) is 5. The average molecular weight is 341 g/mol. The van der Waals surface area contributed by atoms with Gasteiger partial charge in [-0.05, 0) is 36.6 Å². The quantitative estimate of drug-likeness (QED) is 0.756. The summed E-state index contributed by atoms with van der Waals surface area (Å²) in [4.78, 5) is 16.4. The molecule has 1 unspecified atom stereocenters. The predicted molar refractivity (Wildman–Crippen MR) is 96.0 cm³/mol. The van der Waals surface area contributed by atoms with Crippen molar-refractivity contribution in [2.75, 3.05) is 32.1 Å². The molecule has 1 aromatic carbocycles. The maximum atomic E-state index is 12.3. The molecule has 0 spiro atoms. The van der Waals surface area contributed by atoms with Gasteiger partial charge < -0.3 is 20.1 Å². The van der Waals surface area contributed by atoms with Crippen LogP contribution in [0, 0.1) is 5.92 Å². The number of ether oxygens (including phenoxy) is 2. The van der Waals surface area contributed by atoms with Crippen molar-refractivity contribution >= 4 is 11.6 Å². The summed E-state index contributed by atoms with van der Waals surface area (Å²) >= 11 is 0. The zero-order chi connectivity index (χ0) is 17.5. The van der Waals surface area contributed by atoms with Crippen LogP contribution in [-0.4, -0.2) is 37.7 Å². The van der Waals surface area contributed by atoms with Gasteiger partial charge in [0, 0.05) is 31.5 Å². The molecule has 25 heavy (non-hydrogen) atoms. The first-order valence-corrected chi connectivity index (χ1v) is 8.47. The van der Waals surface area contributed by atoms with E-state index in [0.717, 1.165) is 35.7 Å². The Morgan fingerprint density at radius 2 is 2.28 bits per heavy atom. The Morgan fingerprint density at radius 1 is 1.36 bits per heavy atom. The maximum Gasteiger partial charge on any atom is 0.226 e. The van der Waals surface area contributed by atoms with Crippen LogP contribution < -0.4 is 20.1 Å². The molecule has 2 aromatic rings. The van der Waals surface area contributed by atoms with Crippen molar-refractivity contribution in [3.05, 3.63) is 48.3 Å². The highest BCUT2D eigenvalue weighted by Gasteiger charge is 2.25. The number of fused-ring (bicyclic) bond motifs is 1. The lowest BCUT2D eigenvalue weighted by molar-refractivity contribution is -0.126. The third-order valence-electron chi connectivity index (χ3n) is 4.19. The molecule has 0 fully saturated rings. The minimum atomic E-state index is -0.146. The molecular formula is C19H23N3O3. The van der Waals surface area contributed by atoms with E-state index >= 15 is 0 Å². The molecule has 1 aromatic heterocycles. The van der Waals surface area contributed by atoms with Crippen molar-refractivity contribution in [3.63, 3.8) is 0 Å². The molecule has 0 saturated carbocycles. The first-order chi connectivity index (χ1) is 12.3. The van der Waals surface area contributed by atoms with Crippen molar-refractivity contribution < 1.29 is 14.3 Å². The van der Waals surface area contributed by atoms with Crippen LogP contribution >= 0.6 is 0 Å². The first kappa shape index (κ1) is 17.1. The fraction of sp³-hybridized carbons (Fsp3) is 0.368. The number of hydrogen-bond donors (Lipinski definition) is 2. The normalized spacial score (nSPS) is 15.6. The van der Waals surface area contributed by atoms with Crippen molar-refractivity contribution in [1.29, 1.82) is 0 Å². The molecule has 0 saturated heterocycles. The second-order valence-electron chi connectivity index (χ2n) is 6.00. The lowest BCUT2D eigenvalue weighted by Gasteiger charge is -2.25. The fourth-order valence-electron chi connectivity index (χ4n) is 2.79. The standard InChI is InChI=1S/C19H23N3O3/c1-24-17-6-5-14-10-15(13-25-18(14)11-17)19(23)22-9-3-8-21-16-4-2-7-20-12-16/h2,4-7,11-12,15,21H,3,8-10,13H2,1H3,(H,22,23). The van der Waals surface area contributed by atoms with Gasteiger partial charge in [0.2, 0.25) is 5.91 Å². The van der Waals surface area contributed by atoms with Gasteiger partial charge >= 0.3 is 0 Å². The average Bonchev–Trinajstić information content (AvgIpc) is 2.67. The highest BCUT2D eigenvalue weighted by molar-refractivity contribution is 5.79. The smallest absolute Gasteiger partial charge is 0.226 e. The van der Waals surface area contributed by atoms with Gasteiger partial charge in [-0.2, -0.15) is 0 Å². The number of pyridine rings is 1. The Kier molecular flexibility index (Phi) is 5.72. The SMILES string of the molecule is COc1ccc2c(c1)OCC(C(=O)NCCCNc1cccnc1)C2. The number of benzene rings is 1.